The van der Waals surface area contributed by atoms with Crippen molar-refractivity contribution in [2.75, 3.05) is 33.3 Å². The predicted molar refractivity (Wildman–Crippen MR) is 78.8 cm³/mol. The molecule has 0 amide bonds. The van der Waals surface area contributed by atoms with Crippen LogP contribution in [-0.2, 0) is 11.3 Å². The van der Waals surface area contributed by atoms with Crippen LogP contribution in [0.2, 0.25) is 0 Å². The van der Waals surface area contributed by atoms with Crippen molar-refractivity contribution < 1.29 is 9.26 Å². The van der Waals surface area contributed by atoms with Gasteiger partial charge in [0.25, 0.3) is 0 Å². The first kappa shape index (κ1) is 13.8. The molecule has 0 aliphatic carbocycles. The molecule has 6 heteroatoms. The maximum absolute atomic E-state index is 5.70. The van der Waals surface area contributed by atoms with Gasteiger partial charge in [-0.1, -0.05) is 11.2 Å². The van der Waals surface area contributed by atoms with Crippen LogP contribution in [0, 0.1) is 0 Å². The minimum Gasteiger partial charge on any atom is -0.374 e. The monoisotopic (exact) mass is 293 g/mol. The van der Waals surface area contributed by atoms with E-state index in [0.717, 1.165) is 49.1 Å². The van der Waals surface area contributed by atoms with Gasteiger partial charge in [-0.15, -0.1) is 11.3 Å². The first-order chi connectivity index (χ1) is 9.81. The van der Waals surface area contributed by atoms with E-state index in [-0.39, 0.29) is 6.10 Å². The number of morpholine rings is 1. The van der Waals surface area contributed by atoms with E-state index in [2.05, 4.69) is 22.4 Å². The van der Waals surface area contributed by atoms with Crippen LogP contribution in [0.15, 0.2) is 28.1 Å². The minimum absolute atomic E-state index is 0.261. The molecule has 1 unspecified atom stereocenters. The van der Waals surface area contributed by atoms with Crippen molar-refractivity contribution in [1.82, 2.24) is 15.4 Å². The molecule has 1 atom stereocenters. The normalized spacial score (nSPS) is 19.6. The highest BCUT2D eigenvalue weighted by Crippen LogP contribution is 2.25. The highest BCUT2D eigenvalue weighted by Gasteiger charge is 2.16. The van der Waals surface area contributed by atoms with Crippen LogP contribution >= 0.6 is 11.3 Å². The lowest BCUT2D eigenvalue weighted by Crippen LogP contribution is -2.44. The molecule has 2 aromatic rings. The van der Waals surface area contributed by atoms with Gasteiger partial charge in [-0.05, 0) is 18.5 Å². The number of ether oxygens (including phenoxy) is 1. The quantitative estimate of drug-likeness (QED) is 0.911. The summed E-state index contributed by atoms with van der Waals surface area (Å²) in [6.07, 6.45) is 0.261. The lowest BCUT2D eigenvalue weighted by Gasteiger charge is -2.27. The van der Waals surface area contributed by atoms with Crippen LogP contribution in [0.5, 0.6) is 0 Å². The summed E-state index contributed by atoms with van der Waals surface area (Å²) >= 11 is 1.66. The fraction of sp³-hybridized carbons (Fsp3) is 0.500. The largest absolute Gasteiger partial charge is 0.374 e. The van der Waals surface area contributed by atoms with Gasteiger partial charge >= 0.3 is 0 Å². The third-order valence-corrected chi connectivity index (χ3v) is 4.16. The van der Waals surface area contributed by atoms with Crippen molar-refractivity contribution in [3.8, 4) is 10.6 Å². The fourth-order valence-corrected chi connectivity index (χ4v) is 3.02. The van der Waals surface area contributed by atoms with Gasteiger partial charge in [0.2, 0.25) is 0 Å². The van der Waals surface area contributed by atoms with Gasteiger partial charge in [0.1, 0.15) is 0 Å². The zero-order valence-electron chi connectivity index (χ0n) is 11.5. The summed E-state index contributed by atoms with van der Waals surface area (Å²) in [6, 6.07) is 6.07. The van der Waals surface area contributed by atoms with Crippen molar-refractivity contribution in [2.24, 2.45) is 0 Å². The van der Waals surface area contributed by atoms with E-state index in [1.807, 2.05) is 23.6 Å². The maximum atomic E-state index is 5.70. The molecular weight excluding hydrogens is 274 g/mol. The number of rotatable bonds is 5. The van der Waals surface area contributed by atoms with Gasteiger partial charge in [0.15, 0.2) is 5.76 Å². The Morgan fingerprint density at radius 2 is 2.50 bits per heavy atom. The second kappa shape index (κ2) is 6.49. The standard InChI is InChI=1S/C14H19N3O2S/c1-17(10-12-8-15-4-5-18-12)9-11-7-13(19-16-11)14-3-2-6-20-14/h2-3,6-7,12,15H,4-5,8-10H2,1H3. The Morgan fingerprint density at radius 3 is 3.25 bits per heavy atom. The molecular formula is C14H19N3O2S. The molecule has 1 aliphatic rings. The summed E-state index contributed by atoms with van der Waals surface area (Å²) in [4.78, 5) is 3.33. The van der Waals surface area contributed by atoms with Gasteiger partial charge in [-0.2, -0.15) is 0 Å². The Bertz CT molecular complexity index is 520. The third-order valence-electron chi connectivity index (χ3n) is 3.27. The van der Waals surface area contributed by atoms with Gasteiger partial charge in [0, 0.05) is 32.2 Å². The van der Waals surface area contributed by atoms with E-state index in [0.29, 0.717) is 0 Å². The molecule has 0 bridgehead atoms. The molecule has 1 N–H and O–H groups in total. The Balaban J connectivity index is 1.54. The fourth-order valence-electron chi connectivity index (χ4n) is 2.35. The van der Waals surface area contributed by atoms with Crippen molar-refractivity contribution in [3.05, 3.63) is 29.3 Å². The lowest BCUT2D eigenvalue weighted by molar-refractivity contribution is 0.00856. The average Bonchev–Trinajstić information content (AvgIpc) is 3.10. The molecule has 0 aromatic carbocycles. The summed E-state index contributed by atoms with van der Waals surface area (Å²) in [5, 5.41) is 9.52. The highest BCUT2D eigenvalue weighted by atomic mass is 32.1. The van der Waals surface area contributed by atoms with Crippen molar-refractivity contribution in [2.45, 2.75) is 12.6 Å². The van der Waals surface area contributed by atoms with Crippen LogP contribution in [0.3, 0.4) is 0 Å². The van der Waals surface area contributed by atoms with Crippen molar-refractivity contribution >= 4 is 11.3 Å². The molecule has 1 aliphatic heterocycles. The van der Waals surface area contributed by atoms with E-state index >= 15 is 0 Å². The molecule has 0 radical (unpaired) electrons. The SMILES string of the molecule is CN(Cc1cc(-c2cccs2)on1)CC1CNCCO1. The van der Waals surface area contributed by atoms with E-state index in [1.54, 1.807) is 11.3 Å². The lowest BCUT2D eigenvalue weighted by atomic mass is 10.2. The third kappa shape index (κ3) is 3.46. The number of nitrogens with zero attached hydrogens (tertiary/aromatic N) is 2. The average molecular weight is 293 g/mol. The molecule has 2 aromatic heterocycles. The van der Waals surface area contributed by atoms with E-state index < -0.39 is 0 Å². The Labute approximate surface area is 122 Å². The Kier molecular flexibility index (Phi) is 4.47. The number of likely N-dealkylation sites (N-methyl/N-ethyl adjacent to an activating group) is 1. The maximum Gasteiger partial charge on any atom is 0.177 e. The molecule has 5 nitrogen and oxygen atoms in total. The summed E-state index contributed by atoms with van der Waals surface area (Å²) in [5.74, 6) is 0.846. The Morgan fingerprint density at radius 1 is 1.55 bits per heavy atom. The number of aromatic nitrogens is 1. The number of hydrogen-bond acceptors (Lipinski definition) is 6. The molecule has 108 valence electrons. The first-order valence-electron chi connectivity index (χ1n) is 6.81. The van der Waals surface area contributed by atoms with Gasteiger partial charge in [-0.25, -0.2) is 0 Å². The summed E-state index contributed by atoms with van der Waals surface area (Å²) in [7, 11) is 2.08. The number of thiophene rings is 1. The summed E-state index contributed by atoms with van der Waals surface area (Å²) in [6.45, 7) is 4.34. The highest BCUT2D eigenvalue weighted by molar-refractivity contribution is 7.13. The molecule has 1 saturated heterocycles. The van der Waals surface area contributed by atoms with Crippen molar-refractivity contribution in [3.63, 3.8) is 0 Å². The van der Waals surface area contributed by atoms with Crippen LogP contribution in [-0.4, -0.2) is 49.4 Å². The molecule has 20 heavy (non-hydrogen) atoms. The molecule has 3 rings (SSSR count). The number of nitrogens with one attached hydrogen (secondary N) is 1. The number of hydrogen-bond donors (Lipinski definition) is 1. The van der Waals surface area contributed by atoms with Gasteiger partial charge < -0.3 is 14.6 Å². The smallest absolute Gasteiger partial charge is 0.177 e. The summed E-state index contributed by atoms with van der Waals surface area (Å²) < 4.78 is 11.1. The molecule has 3 heterocycles. The zero-order chi connectivity index (χ0) is 13.8. The first-order valence-corrected chi connectivity index (χ1v) is 7.69. The van der Waals surface area contributed by atoms with Crippen LogP contribution < -0.4 is 5.32 Å². The molecule has 0 saturated carbocycles. The molecule has 0 spiro atoms. The van der Waals surface area contributed by atoms with E-state index in [4.69, 9.17) is 9.26 Å². The van der Waals surface area contributed by atoms with Crippen LogP contribution in [0.25, 0.3) is 10.6 Å². The zero-order valence-corrected chi connectivity index (χ0v) is 12.4. The van der Waals surface area contributed by atoms with Gasteiger partial charge in [0.05, 0.1) is 23.3 Å². The predicted octanol–water partition coefficient (Wildman–Crippen LogP) is 1.82. The topological polar surface area (TPSA) is 50.5 Å². The second-order valence-electron chi connectivity index (χ2n) is 5.05. The Hall–Kier alpha value is -1.21. The van der Waals surface area contributed by atoms with Crippen LogP contribution in [0.1, 0.15) is 5.69 Å². The summed E-state index contributed by atoms with van der Waals surface area (Å²) in [5.41, 5.74) is 0.958. The van der Waals surface area contributed by atoms with Gasteiger partial charge in [-0.3, -0.25) is 4.90 Å². The van der Waals surface area contributed by atoms with Crippen molar-refractivity contribution in [1.29, 1.82) is 0 Å². The van der Waals surface area contributed by atoms with E-state index in [9.17, 15) is 0 Å². The molecule has 1 fully saturated rings. The van der Waals surface area contributed by atoms with Crippen LogP contribution in [0.4, 0.5) is 0 Å². The second-order valence-corrected chi connectivity index (χ2v) is 6.00. The minimum atomic E-state index is 0.261. The van der Waals surface area contributed by atoms with E-state index in [1.165, 1.54) is 0 Å².